The number of benzene rings is 1. The van der Waals surface area contributed by atoms with Gasteiger partial charge in [-0.3, -0.25) is 33.5 Å². The van der Waals surface area contributed by atoms with Crippen molar-refractivity contribution in [2.24, 2.45) is 13.0 Å². The van der Waals surface area contributed by atoms with Crippen molar-refractivity contribution in [1.29, 1.82) is 0 Å². The number of amides is 3. The van der Waals surface area contributed by atoms with Crippen molar-refractivity contribution < 1.29 is 27.6 Å². The molecule has 8 rings (SSSR count). The van der Waals surface area contributed by atoms with Gasteiger partial charge in [-0.15, -0.1) is 0 Å². The molecule has 0 bridgehead atoms. The van der Waals surface area contributed by atoms with Crippen LogP contribution >= 0.6 is 11.6 Å². The van der Waals surface area contributed by atoms with Crippen molar-refractivity contribution in [3.05, 3.63) is 81.3 Å². The van der Waals surface area contributed by atoms with Gasteiger partial charge in [-0.1, -0.05) is 23.7 Å². The number of fused-ring (bicyclic) bond motifs is 2. The Labute approximate surface area is 317 Å². The molecule has 55 heavy (non-hydrogen) atoms. The first-order valence-corrected chi connectivity index (χ1v) is 18.9. The highest BCUT2D eigenvalue weighted by Gasteiger charge is 2.34. The molecule has 3 aliphatic rings. The highest BCUT2D eigenvalue weighted by Crippen LogP contribution is 2.39. The van der Waals surface area contributed by atoms with Gasteiger partial charge in [0, 0.05) is 31.6 Å². The van der Waals surface area contributed by atoms with Gasteiger partial charge in [0.05, 0.1) is 28.3 Å². The summed E-state index contributed by atoms with van der Waals surface area (Å²) in [7, 11) is 1.66. The van der Waals surface area contributed by atoms with E-state index >= 15 is 0 Å². The third-order valence-corrected chi connectivity index (χ3v) is 11.8. The molecule has 5 aromatic rings. The molecule has 13 nitrogen and oxygen atoms in total. The molecule has 1 aromatic carbocycles. The minimum Gasteiger partial charge on any atom is -0.305 e. The Morgan fingerprint density at radius 3 is 2.51 bits per heavy atom. The van der Waals surface area contributed by atoms with E-state index in [1.54, 1.807) is 19.3 Å². The Morgan fingerprint density at radius 2 is 1.78 bits per heavy atom. The molecule has 4 aromatic heterocycles. The number of hydrogen-bond acceptors (Lipinski definition) is 8. The van der Waals surface area contributed by atoms with E-state index in [0.717, 1.165) is 81.2 Å². The van der Waals surface area contributed by atoms with E-state index in [9.17, 15) is 32.3 Å². The molecule has 17 heteroatoms. The van der Waals surface area contributed by atoms with Crippen molar-refractivity contribution in [3.8, 4) is 0 Å². The number of pyridine rings is 2. The zero-order valence-corrected chi connectivity index (χ0v) is 30.7. The fraction of sp³-hybridized carbons (Fsp3) is 0.447. The number of rotatable bonds is 7. The van der Waals surface area contributed by atoms with E-state index in [1.807, 2.05) is 23.0 Å². The van der Waals surface area contributed by atoms with Crippen LogP contribution in [0.25, 0.3) is 21.9 Å². The lowest BCUT2D eigenvalue weighted by molar-refractivity contribution is -0.141. The predicted molar refractivity (Wildman–Crippen MR) is 198 cm³/mol. The van der Waals surface area contributed by atoms with Crippen LogP contribution in [0.5, 0.6) is 0 Å². The molecule has 1 aliphatic carbocycles. The number of aromatic nitrogens is 6. The van der Waals surface area contributed by atoms with Crippen LogP contribution in [0.2, 0.25) is 5.02 Å². The van der Waals surface area contributed by atoms with Crippen molar-refractivity contribution in [3.63, 3.8) is 0 Å². The van der Waals surface area contributed by atoms with Crippen LogP contribution in [0.15, 0.2) is 53.6 Å². The first-order valence-electron chi connectivity index (χ1n) is 18.5. The van der Waals surface area contributed by atoms with Crippen LogP contribution in [0.4, 0.5) is 19.0 Å². The summed E-state index contributed by atoms with van der Waals surface area (Å²) in [5.41, 5.74) is 1.03. The zero-order chi connectivity index (χ0) is 38.6. The number of carbonyl (C=O) groups excluding carboxylic acids is 3. The van der Waals surface area contributed by atoms with Crippen LogP contribution in [-0.4, -0.2) is 71.1 Å². The average molecular weight is 778 g/mol. The van der Waals surface area contributed by atoms with Gasteiger partial charge in [-0.2, -0.15) is 18.3 Å². The first kappa shape index (κ1) is 36.9. The van der Waals surface area contributed by atoms with E-state index in [2.05, 4.69) is 25.5 Å². The summed E-state index contributed by atoms with van der Waals surface area (Å²) < 4.78 is 44.1. The van der Waals surface area contributed by atoms with E-state index in [1.165, 1.54) is 15.2 Å². The Hall–Kier alpha value is -5.09. The van der Waals surface area contributed by atoms with Gasteiger partial charge in [-0.05, 0) is 99.7 Å². The Kier molecular flexibility index (Phi) is 9.74. The van der Waals surface area contributed by atoms with E-state index in [-0.39, 0.29) is 47.9 Å². The molecule has 3 fully saturated rings. The molecule has 1 saturated carbocycles. The number of anilines is 1. The van der Waals surface area contributed by atoms with Gasteiger partial charge < -0.3 is 10.2 Å². The quantitative estimate of drug-likeness (QED) is 0.192. The Morgan fingerprint density at radius 1 is 1.02 bits per heavy atom. The fourth-order valence-corrected chi connectivity index (χ4v) is 8.91. The Bertz CT molecular complexity index is 2370. The largest absolute Gasteiger partial charge is 0.433 e. The lowest BCUT2D eigenvalue weighted by atomic mass is 9.84. The zero-order valence-electron chi connectivity index (χ0n) is 30.0. The van der Waals surface area contributed by atoms with Crippen LogP contribution in [0.1, 0.15) is 91.1 Å². The van der Waals surface area contributed by atoms with Gasteiger partial charge >= 0.3 is 11.9 Å². The maximum atomic E-state index is 13.3. The van der Waals surface area contributed by atoms with Gasteiger partial charge in [0.1, 0.15) is 28.8 Å². The van der Waals surface area contributed by atoms with Gasteiger partial charge in [0.2, 0.25) is 11.8 Å². The number of carbonyl (C=O) groups is 3. The van der Waals surface area contributed by atoms with Gasteiger partial charge in [0.15, 0.2) is 0 Å². The lowest BCUT2D eigenvalue weighted by Crippen LogP contribution is -2.44. The number of likely N-dealkylation sites (tertiary alicyclic amines) is 1. The molecule has 2 N–H and O–H groups in total. The number of hydrogen-bond donors (Lipinski definition) is 2. The molecule has 3 amide bonds. The summed E-state index contributed by atoms with van der Waals surface area (Å²) in [5, 5.41) is 10.9. The number of nitrogens with zero attached hydrogens (tertiary/aromatic N) is 7. The summed E-state index contributed by atoms with van der Waals surface area (Å²) >= 11 is 7.01. The van der Waals surface area contributed by atoms with E-state index in [4.69, 9.17) is 16.7 Å². The summed E-state index contributed by atoms with van der Waals surface area (Å²) in [6, 6.07) is 8.15. The van der Waals surface area contributed by atoms with Crippen molar-refractivity contribution in [2.45, 2.75) is 75.5 Å². The second-order valence-corrected chi connectivity index (χ2v) is 15.2. The SMILES string of the molecule is Cn1c(=O)n(C2CCC(=O)NC2=O)c2ccc(C3CCN(CC4CCC(n5cc6cc(NC(=O)c7cccc(C(F)(F)F)n7)ncc6n5)CC4)CC3)c(Cl)c21. The smallest absolute Gasteiger partial charge is 0.305 e. The number of halogens is 4. The summed E-state index contributed by atoms with van der Waals surface area (Å²) in [6.07, 6.45) is 5.20. The van der Waals surface area contributed by atoms with E-state index < -0.39 is 29.7 Å². The van der Waals surface area contributed by atoms with E-state index in [0.29, 0.717) is 27.5 Å². The third kappa shape index (κ3) is 7.24. The molecule has 0 spiro atoms. The second kappa shape index (κ2) is 14.5. The highest BCUT2D eigenvalue weighted by atomic mass is 35.5. The predicted octanol–water partition coefficient (Wildman–Crippen LogP) is 5.99. The number of imidazole rings is 1. The third-order valence-electron chi connectivity index (χ3n) is 11.4. The standard InChI is InChI=1S/C38H39ClF3N9O4/c1-48-34-28(51(37(48)55)29-11-12-32(52)46-36(29)54)10-9-25(33(34)39)22-13-15-49(16-14-22)19-21-5-7-24(8-6-21)50-20-23-17-31(43-18-27(23)47-50)45-35(53)26-3-2-4-30(44-26)38(40,41)42/h2-4,9-10,17-18,20-22,24,29H,5-8,11-16,19H2,1H3,(H,45,53)(H,46,52,54). The molecule has 0 radical (unpaired) electrons. The average Bonchev–Trinajstić information content (AvgIpc) is 3.70. The molecular weight excluding hydrogens is 739 g/mol. The monoisotopic (exact) mass is 777 g/mol. The Balaban J connectivity index is 0.850. The van der Waals surface area contributed by atoms with Crippen LogP contribution in [0, 0.1) is 5.92 Å². The summed E-state index contributed by atoms with van der Waals surface area (Å²) in [6.45, 7) is 2.90. The van der Waals surface area contributed by atoms with Gasteiger partial charge in [-0.25, -0.2) is 14.8 Å². The first-order chi connectivity index (χ1) is 26.3. The molecule has 1 atom stereocenters. The number of piperidine rings is 2. The van der Waals surface area contributed by atoms with Crippen LogP contribution in [0.3, 0.4) is 0 Å². The maximum absolute atomic E-state index is 13.3. The molecule has 2 saturated heterocycles. The van der Waals surface area contributed by atoms with Crippen LogP contribution in [-0.2, 0) is 22.8 Å². The van der Waals surface area contributed by atoms with Gasteiger partial charge in [0.25, 0.3) is 5.91 Å². The number of imide groups is 1. The van der Waals surface area contributed by atoms with Crippen LogP contribution < -0.4 is 16.3 Å². The highest BCUT2D eigenvalue weighted by molar-refractivity contribution is 6.36. The topological polar surface area (TPSA) is 149 Å². The van der Waals surface area contributed by atoms with Crippen molar-refractivity contribution in [2.75, 3.05) is 25.0 Å². The fourth-order valence-electron chi connectivity index (χ4n) is 8.47. The van der Waals surface area contributed by atoms with Crippen molar-refractivity contribution >= 4 is 57.1 Å². The summed E-state index contributed by atoms with van der Waals surface area (Å²) in [5.74, 6) is -0.593. The molecule has 1 unspecified atom stereocenters. The molecule has 2 aliphatic heterocycles. The number of aryl methyl sites for hydroxylation is 1. The summed E-state index contributed by atoms with van der Waals surface area (Å²) in [4.78, 5) is 60.5. The maximum Gasteiger partial charge on any atom is 0.433 e. The minimum atomic E-state index is -4.66. The van der Waals surface area contributed by atoms with Crippen molar-refractivity contribution in [1.82, 2.24) is 39.1 Å². The normalized spacial score (nSPS) is 21.7. The number of alkyl halides is 3. The lowest BCUT2D eigenvalue weighted by Gasteiger charge is -2.37. The second-order valence-electron chi connectivity index (χ2n) is 14.9. The molecular formula is C38H39ClF3N9O4. The number of nitrogens with one attached hydrogen (secondary N) is 2. The minimum absolute atomic E-state index is 0.175. The molecule has 6 heterocycles. The molecule has 288 valence electrons.